The first-order valence-corrected chi connectivity index (χ1v) is 7.69. The Morgan fingerprint density at radius 3 is 2.64 bits per heavy atom. The number of rotatable bonds is 1. The van der Waals surface area contributed by atoms with Crippen molar-refractivity contribution in [3.8, 4) is 0 Å². The van der Waals surface area contributed by atoms with E-state index in [4.69, 9.17) is 23.2 Å². The maximum atomic E-state index is 12.6. The first kappa shape index (κ1) is 15.0. The summed E-state index contributed by atoms with van der Waals surface area (Å²) in [5.74, 6) is 0. The minimum absolute atomic E-state index is 0.117. The molecule has 114 valence electrons. The van der Waals surface area contributed by atoms with E-state index in [1.807, 2.05) is 37.3 Å². The number of amides is 2. The van der Waals surface area contributed by atoms with Gasteiger partial charge in [0.15, 0.2) is 0 Å². The highest BCUT2D eigenvalue weighted by Gasteiger charge is 2.27. The van der Waals surface area contributed by atoms with Crippen molar-refractivity contribution in [2.75, 3.05) is 22.1 Å². The average molecular weight is 336 g/mol. The second kappa shape index (κ2) is 6.07. The lowest BCUT2D eigenvalue weighted by Gasteiger charge is -2.34. The minimum atomic E-state index is -0.195. The van der Waals surface area contributed by atoms with Gasteiger partial charge in [-0.1, -0.05) is 41.4 Å². The van der Waals surface area contributed by atoms with Gasteiger partial charge in [-0.05, 0) is 31.2 Å². The van der Waals surface area contributed by atoms with E-state index in [-0.39, 0.29) is 12.1 Å². The van der Waals surface area contributed by atoms with Gasteiger partial charge in [-0.3, -0.25) is 4.90 Å². The molecule has 1 heterocycles. The molecule has 1 aliphatic rings. The molecule has 2 aromatic rings. The third-order valence-corrected chi connectivity index (χ3v) is 4.18. The fourth-order valence-corrected chi connectivity index (χ4v) is 2.78. The summed E-state index contributed by atoms with van der Waals surface area (Å²) >= 11 is 12.2. The van der Waals surface area contributed by atoms with Crippen molar-refractivity contribution >= 4 is 46.3 Å². The average Bonchev–Trinajstić information content (AvgIpc) is 2.49. The van der Waals surface area contributed by atoms with Crippen LogP contribution in [0, 0.1) is 0 Å². The van der Waals surface area contributed by atoms with Gasteiger partial charge in [-0.2, -0.15) is 0 Å². The Hall–Kier alpha value is -1.91. The van der Waals surface area contributed by atoms with E-state index in [0.29, 0.717) is 16.6 Å². The Balaban J connectivity index is 1.91. The van der Waals surface area contributed by atoms with Gasteiger partial charge >= 0.3 is 6.03 Å². The first-order chi connectivity index (χ1) is 10.5. The van der Waals surface area contributed by atoms with E-state index in [1.54, 1.807) is 17.0 Å². The molecule has 22 heavy (non-hydrogen) atoms. The molecule has 0 spiro atoms. The van der Waals surface area contributed by atoms with Crippen LogP contribution >= 0.6 is 23.2 Å². The van der Waals surface area contributed by atoms with Crippen molar-refractivity contribution in [3.05, 3.63) is 52.5 Å². The number of hydrogen-bond acceptors (Lipinski definition) is 2. The molecular formula is C16H15Cl2N3O. The summed E-state index contributed by atoms with van der Waals surface area (Å²) < 4.78 is 0. The number of nitrogens with one attached hydrogen (secondary N) is 2. The molecule has 2 N–H and O–H groups in total. The molecule has 0 saturated heterocycles. The SMILES string of the molecule is CC1CN(C(=O)Nc2ccccc2)c2cc(Cl)c(Cl)cc2N1. The lowest BCUT2D eigenvalue weighted by Crippen LogP contribution is -2.45. The van der Waals surface area contributed by atoms with Gasteiger partial charge in [-0.25, -0.2) is 4.79 Å². The van der Waals surface area contributed by atoms with E-state index in [0.717, 1.165) is 17.1 Å². The van der Waals surface area contributed by atoms with Crippen LogP contribution in [0.1, 0.15) is 6.92 Å². The number of halogens is 2. The molecule has 0 aromatic heterocycles. The number of fused-ring (bicyclic) bond motifs is 1. The van der Waals surface area contributed by atoms with Crippen molar-refractivity contribution in [2.24, 2.45) is 0 Å². The summed E-state index contributed by atoms with van der Waals surface area (Å²) in [5, 5.41) is 7.09. The predicted molar refractivity (Wildman–Crippen MR) is 92.4 cm³/mol. The number of hydrogen-bond donors (Lipinski definition) is 2. The topological polar surface area (TPSA) is 44.4 Å². The lowest BCUT2D eigenvalue weighted by atomic mass is 10.1. The van der Waals surface area contributed by atoms with Crippen LogP contribution in [0.5, 0.6) is 0 Å². The van der Waals surface area contributed by atoms with Crippen molar-refractivity contribution < 1.29 is 4.79 Å². The van der Waals surface area contributed by atoms with Gasteiger partial charge in [0.2, 0.25) is 0 Å². The second-order valence-electron chi connectivity index (χ2n) is 5.24. The zero-order chi connectivity index (χ0) is 15.7. The van der Waals surface area contributed by atoms with Crippen LogP contribution < -0.4 is 15.5 Å². The molecule has 3 rings (SSSR count). The second-order valence-corrected chi connectivity index (χ2v) is 6.05. The Bertz CT molecular complexity index is 706. The zero-order valence-corrected chi connectivity index (χ0v) is 13.4. The Labute approximate surface area is 139 Å². The number of carbonyl (C=O) groups excluding carboxylic acids is 1. The van der Waals surface area contributed by atoms with Crippen LogP contribution in [-0.2, 0) is 0 Å². The standard InChI is InChI=1S/C16H15Cl2N3O/c1-10-9-21(16(22)20-11-5-3-2-4-6-11)15-8-13(18)12(17)7-14(15)19-10/h2-8,10,19H,9H2,1H3,(H,20,22). The molecule has 2 amide bonds. The summed E-state index contributed by atoms with van der Waals surface area (Å²) in [6.07, 6.45) is 0. The number of benzene rings is 2. The summed E-state index contributed by atoms with van der Waals surface area (Å²) in [6.45, 7) is 2.55. The van der Waals surface area contributed by atoms with E-state index in [2.05, 4.69) is 10.6 Å². The number of para-hydroxylation sites is 1. The number of anilines is 3. The van der Waals surface area contributed by atoms with Gasteiger partial charge < -0.3 is 10.6 Å². The molecule has 1 unspecified atom stereocenters. The minimum Gasteiger partial charge on any atom is -0.379 e. The predicted octanol–water partition coefficient (Wildman–Crippen LogP) is 4.85. The molecule has 0 fully saturated rings. The largest absolute Gasteiger partial charge is 0.379 e. The molecule has 0 aliphatic carbocycles. The molecule has 0 bridgehead atoms. The quantitative estimate of drug-likeness (QED) is 0.782. The van der Waals surface area contributed by atoms with Crippen LogP contribution in [0.15, 0.2) is 42.5 Å². The van der Waals surface area contributed by atoms with Crippen molar-refractivity contribution in [1.29, 1.82) is 0 Å². The molecule has 4 nitrogen and oxygen atoms in total. The highest BCUT2D eigenvalue weighted by Crippen LogP contribution is 2.38. The maximum Gasteiger partial charge on any atom is 0.326 e. The zero-order valence-electron chi connectivity index (χ0n) is 11.9. The van der Waals surface area contributed by atoms with Gasteiger partial charge in [0, 0.05) is 18.3 Å². The highest BCUT2D eigenvalue weighted by molar-refractivity contribution is 6.42. The molecular weight excluding hydrogens is 321 g/mol. The van der Waals surface area contributed by atoms with Crippen molar-refractivity contribution in [2.45, 2.75) is 13.0 Å². The monoisotopic (exact) mass is 335 g/mol. The number of nitrogens with zero attached hydrogens (tertiary/aromatic N) is 1. The van der Waals surface area contributed by atoms with Crippen molar-refractivity contribution in [1.82, 2.24) is 0 Å². The van der Waals surface area contributed by atoms with Crippen LogP contribution in [0.3, 0.4) is 0 Å². The number of urea groups is 1. The molecule has 2 aromatic carbocycles. The molecule has 1 aliphatic heterocycles. The Morgan fingerprint density at radius 1 is 1.23 bits per heavy atom. The van der Waals surface area contributed by atoms with E-state index >= 15 is 0 Å². The third-order valence-electron chi connectivity index (χ3n) is 3.46. The Morgan fingerprint density at radius 2 is 1.91 bits per heavy atom. The summed E-state index contributed by atoms with van der Waals surface area (Å²) in [6, 6.07) is 12.7. The van der Waals surface area contributed by atoms with Gasteiger partial charge in [0.1, 0.15) is 0 Å². The summed E-state index contributed by atoms with van der Waals surface area (Å²) in [5.41, 5.74) is 2.28. The summed E-state index contributed by atoms with van der Waals surface area (Å²) in [4.78, 5) is 14.3. The van der Waals surface area contributed by atoms with Gasteiger partial charge in [-0.15, -0.1) is 0 Å². The molecule has 0 saturated carbocycles. The third kappa shape index (κ3) is 2.98. The normalized spacial score (nSPS) is 16.7. The molecule has 1 atom stereocenters. The van der Waals surface area contributed by atoms with Gasteiger partial charge in [0.05, 0.1) is 21.4 Å². The lowest BCUT2D eigenvalue weighted by molar-refractivity contribution is 0.256. The van der Waals surface area contributed by atoms with E-state index in [9.17, 15) is 4.79 Å². The van der Waals surface area contributed by atoms with Crippen LogP contribution in [0.4, 0.5) is 21.9 Å². The summed E-state index contributed by atoms with van der Waals surface area (Å²) in [7, 11) is 0. The van der Waals surface area contributed by atoms with Crippen LogP contribution in [0.2, 0.25) is 10.0 Å². The molecule has 0 radical (unpaired) electrons. The fraction of sp³-hybridized carbons (Fsp3) is 0.188. The smallest absolute Gasteiger partial charge is 0.326 e. The molecule has 6 heteroatoms. The van der Waals surface area contributed by atoms with Crippen molar-refractivity contribution in [3.63, 3.8) is 0 Å². The highest BCUT2D eigenvalue weighted by atomic mass is 35.5. The first-order valence-electron chi connectivity index (χ1n) is 6.94. The van der Waals surface area contributed by atoms with E-state index in [1.165, 1.54) is 0 Å². The number of carbonyl (C=O) groups is 1. The fourth-order valence-electron chi connectivity index (χ4n) is 2.46. The Kier molecular flexibility index (Phi) is 4.14. The van der Waals surface area contributed by atoms with Crippen LogP contribution in [0.25, 0.3) is 0 Å². The van der Waals surface area contributed by atoms with E-state index < -0.39 is 0 Å². The maximum absolute atomic E-state index is 12.6. The van der Waals surface area contributed by atoms with Crippen LogP contribution in [-0.4, -0.2) is 18.6 Å². The van der Waals surface area contributed by atoms with Gasteiger partial charge in [0.25, 0.3) is 0 Å².